The molecule has 0 spiro atoms. The van der Waals surface area contributed by atoms with E-state index in [0.29, 0.717) is 23.9 Å². The molecule has 0 saturated carbocycles. The van der Waals surface area contributed by atoms with Crippen molar-refractivity contribution in [3.05, 3.63) is 36.7 Å². The largest absolute Gasteiger partial charge is 0.478 e. The zero-order chi connectivity index (χ0) is 16.2. The van der Waals surface area contributed by atoms with Gasteiger partial charge in [0, 0.05) is 44.9 Å². The third kappa shape index (κ3) is 3.05. The molecule has 1 unspecified atom stereocenters. The van der Waals surface area contributed by atoms with Crippen molar-refractivity contribution in [3.63, 3.8) is 0 Å². The minimum Gasteiger partial charge on any atom is -0.478 e. The van der Waals surface area contributed by atoms with Crippen LogP contribution in [0.15, 0.2) is 31.0 Å². The highest BCUT2D eigenvalue weighted by atomic mass is 16.5. The standard InChI is InChI=1S/C15H18N6O2/c1-20(15(22)12-9-16-4-5-17-12)11-3-8-21(10-11)13-14(23-2)19-7-6-18-13/h4-7,9,11H,3,8,10H2,1-2H3. The van der Waals surface area contributed by atoms with Crippen molar-refractivity contribution in [1.82, 2.24) is 24.8 Å². The van der Waals surface area contributed by atoms with Crippen molar-refractivity contribution >= 4 is 11.7 Å². The lowest BCUT2D eigenvalue weighted by molar-refractivity contribution is 0.0738. The van der Waals surface area contributed by atoms with Crippen LogP contribution in [0.1, 0.15) is 16.9 Å². The first-order valence-electron chi connectivity index (χ1n) is 7.34. The van der Waals surface area contributed by atoms with Gasteiger partial charge >= 0.3 is 0 Å². The first-order valence-corrected chi connectivity index (χ1v) is 7.34. The monoisotopic (exact) mass is 314 g/mol. The van der Waals surface area contributed by atoms with Crippen LogP contribution < -0.4 is 9.64 Å². The van der Waals surface area contributed by atoms with Gasteiger partial charge in [0.15, 0.2) is 5.82 Å². The average molecular weight is 314 g/mol. The zero-order valence-electron chi connectivity index (χ0n) is 13.1. The van der Waals surface area contributed by atoms with Crippen LogP contribution >= 0.6 is 0 Å². The van der Waals surface area contributed by atoms with Crippen LogP contribution in [-0.4, -0.2) is 64.0 Å². The second-order valence-electron chi connectivity index (χ2n) is 5.28. The van der Waals surface area contributed by atoms with E-state index in [4.69, 9.17) is 4.74 Å². The van der Waals surface area contributed by atoms with Gasteiger partial charge in [-0.15, -0.1) is 0 Å². The summed E-state index contributed by atoms with van der Waals surface area (Å²) in [5.74, 6) is 1.07. The molecule has 120 valence electrons. The first kappa shape index (κ1) is 15.1. The van der Waals surface area contributed by atoms with E-state index in [9.17, 15) is 4.79 Å². The lowest BCUT2D eigenvalue weighted by Crippen LogP contribution is -2.39. The van der Waals surface area contributed by atoms with Gasteiger partial charge in [-0.05, 0) is 6.42 Å². The summed E-state index contributed by atoms with van der Waals surface area (Å²) >= 11 is 0. The van der Waals surface area contributed by atoms with Crippen molar-refractivity contribution in [2.45, 2.75) is 12.5 Å². The topological polar surface area (TPSA) is 84.3 Å². The molecular weight excluding hydrogens is 296 g/mol. The van der Waals surface area contributed by atoms with Gasteiger partial charge in [-0.25, -0.2) is 15.0 Å². The Morgan fingerprint density at radius 1 is 1.26 bits per heavy atom. The lowest BCUT2D eigenvalue weighted by Gasteiger charge is -2.25. The number of nitrogens with zero attached hydrogens (tertiary/aromatic N) is 6. The van der Waals surface area contributed by atoms with Crippen molar-refractivity contribution in [3.8, 4) is 5.88 Å². The van der Waals surface area contributed by atoms with Crippen LogP contribution in [0.3, 0.4) is 0 Å². The zero-order valence-corrected chi connectivity index (χ0v) is 13.1. The molecule has 0 N–H and O–H groups in total. The maximum atomic E-state index is 12.5. The molecule has 2 aromatic heterocycles. The van der Waals surface area contributed by atoms with Gasteiger partial charge in [-0.1, -0.05) is 0 Å². The highest BCUT2D eigenvalue weighted by Gasteiger charge is 2.31. The Labute approximate surface area is 134 Å². The fourth-order valence-electron chi connectivity index (χ4n) is 2.69. The van der Waals surface area contributed by atoms with Crippen LogP contribution in [0.2, 0.25) is 0 Å². The number of hydrogen-bond acceptors (Lipinski definition) is 7. The molecule has 0 aliphatic carbocycles. The summed E-state index contributed by atoms with van der Waals surface area (Å²) in [4.78, 5) is 32.8. The average Bonchev–Trinajstić information content (AvgIpc) is 3.11. The molecule has 8 nitrogen and oxygen atoms in total. The molecule has 0 bridgehead atoms. The summed E-state index contributed by atoms with van der Waals surface area (Å²) in [5, 5.41) is 0. The van der Waals surface area contributed by atoms with Crippen LogP contribution in [0.5, 0.6) is 5.88 Å². The van der Waals surface area contributed by atoms with Crippen molar-refractivity contribution in [2.75, 3.05) is 32.1 Å². The molecule has 0 radical (unpaired) electrons. The van der Waals surface area contributed by atoms with Crippen LogP contribution in [0.4, 0.5) is 5.82 Å². The summed E-state index contributed by atoms with van der Waals surface area (Å²) < 4.78 is 5.26. The van der Waals surface area contributed by atoms with Crippen molar-refractivity contribution < 1.29 is 9.53 Å². The number of carbonyl (C=O) groups is 1. The SMILES string of the molecule is COc1nccnc1N1CCC(N(C)C(=O)c2cnccn2)C1. The van der Waals surface area contributed by atoms with Crippen LogP contribution in [0.25, 0.3) is 0 Å². The Hall–Kier alpha value is -2.77. The van der Waals surface area contributed by atoms with E-state index in [0.717, 1.165) is 13.0 Å². The smallest absolute Gasteiger partial charge is 0.274 e. The van der Waals surface area contributed by atoms with Gasteiger partial charge in [0.1, 0.15) is 5.69 Å². The minimum absolute atomic E-state index is 0.0798. The molecule has 1 aliphatic heterocycles. The maximum absolute atomic E-state index is 12.5. The van der Waals surface area contributed by atoms with E-state index >= 15 is 0 Å². The Bertz CT molecular complexity index is 681. The predicted octanol–water partition coefficient (Wildman–Crippen LogP) is 0.626. The molecule has 8 heteroatoms. The van der Waals surface area contributed by atoms with Gasteiger partial charge in [-0.3, -0.25) is 9.78 Å². The second-order valence-corrected chi connectivity index (χ2v) is 5.28. The fraction of sp³-hybridized carbons (Fsp3) is 0.400. The molecule has 1 aliphatic rings. The van der Waals surface area contributed by atoms with Crippen LogP contribution in [-0.2, 0) is 0 Å². The quantitative estimate of drug-likeness (QED) is 0.818. The molecule has 1 amide bonds. The Balaban J connectivity index is 1.71. The Morgan fingerprint density at radius 2 is 2.04 bits per heavy atom. The number of aromatic nitrogens is 4. The third-order valence-electron chi connectivity index (χ3n) is 3.95. The van der Waals surface area contributed by atoms with E-state index in [1.54, 1.807) is 37.6 Å². The second kappa shape index (κ2) is 6.55. The Morgan fingerprint density at radius 3 is 2.78 bits per heavy atom. The summed E-state index contributed by atoms with van der Waals surface area (Å²) in [6.07, 6.45) is 8.64. The third-order valence-corrected chi connectivity index (χ3v) is 3.95. The minimum atomic E-state index is -0.129. The number of hydrogen-bond donors (Lipinski definition) is 0. The molecule has 1 fully saturated rings. The lowest BCUT2D eigenvalue weighted by atomic mass is 10.2. The molecule has 1 atom stereocenters. The van der Waals surface area contributed by atoms with Gasteiger partial charge < -0.3 is 14.5 Å². The number of anilines is 1. The molecule has 23 heavy (non-hydrogen) atoms. The Kier molecular flexibility index (Phi) is 4.31. The van der Waals surface area contributed by atoms with Gasteiger partial charge in [0.2, 0.25) is 0 Å². The summed E-state index contributed by atoms with van der Waals surface area (Å²) in [6.45, 7) is 1.47. The predicted molar refractivity (Wildman–Crippen MR) is 83.3 cm³/mol. The molecular formula is C15H18N6O2. The van der Waals surface area contributed by atoms with E-state index in [2.05, 4.69) is 24.8 Å². The fourth-order valence-corrected chi connectivity index (χ4v) is 2.69. The number of ether oxygens (including phenoxy) is 1. The van der Waals surface area contributed by atoms with Gasteiger partial charge in [0.05, 0.1) is 19.3 Å². The number of rotatable bonds is 4. The highest BCUT2D eigenvalue weighted by molar-refractivity contribution is 5.92. The maximum Gasteiger partial charge on any atom is 0.274 e. The number of methoxy groups -OCH3 is 1. The summed E-state index contributed by atoms with van der Waals surface area (Å²) in [6, 6.07) is 0.0798. The molecule has 1 saturated heterocycles. The first-order chi connectivity index (χ1) is 11.2. The molecule has 0 aromatic carbocycles. The molecule has 3 rings (SSSR count). The van der Waals surface area contributed by atoms with E-state index in [-0.39, 0.29) is 11.9 Å². The van der Waals surface area contributed by atoms with Crippen LogP contribution in [0, 0.1) is 0 Å². The summed E-state index contributed by atoms with van der Waals surface area (Å²) in [7, 11) is 3.36. The number of amides is 1. The number of likely N-dealkylation sites (N-methyl/N-ethyl adjacent to an activating group) is 1. The van der Waals surface area contributed by atoms with Gasteiger partial charge in [0.25, 0.3) is 11.8 Å². The molecule has 2 aromatic rings. The normalized spacial score (nSPS) is 17.1. The van der Waals surface area contributed by atoms with E-state index < -0.39 is 0 Å². The van der Waals surface area contributed by atoms with Crippen molar-refractivity contribution in [2.24, 2.45) is 0 Å². The summed E-state index contributed by atoms with van der Waals surface area (Å²) in [5.41, 5.74) is 0.352. The molecule has 3 heterocycles. The van der Waals surface area contributed by atoms with Gasteiger partial charge in [-0.2, -0.15) is 0 Å². The van der Waals surface area contributed by atoms with E-state index in [1.165, 1.54) is 12.4 Å². The van der Waals surface area contributed by atoms with E-state index in [1.807, 2.05) is 0 Å². The number of carbonyl (C=O) groups excluding carboxylic acids is 1. The van der Waals surface area contributed by atoms with Crippen molar-refractivity contribution in [1.29, 1.82) is 0 Å². The highest BCUT2D eigenvalue weighted by Crippen LogP contribution is 2.27.